The minimum Gasteiger partial charge on any atom is -0.444 e. The number of hydrogen-bond acceptors (Lipinski definition) is 6. The predicted octanol–water partition coefficient (Wildman–Crippen LogP) is 11.7. The van der Waals surface area contributed by atoms with Crippen LogP contribution in [0.4, 0.5) is 31.1 Å². The minimum absolute atomic E-state index is 0.0606. The van der Waals surface area contributed by atoms with Gasteiger partial charge in [-0.1, -0.05) is 19.3 Å². The van der Waals surface area contributed by atoms with Gasteiger partial charge < -0.3 is 20.3 Å². The van der Waals surface area contributed by atoms with Gasteiger partial charge in [0, 0.05) is 30.4 Å². The van der Waals surface area contributed by atoms with E-state index >= 15 is 0 Å². The highest BCUT2D eigenvalue weighted by molar-refractivity contribution is 5.98. The first kappa shape index (κ1) is 46.1. The normalized spacial score (nSPS) is 18.8. The molecule has 4 aliphatic rings. The molecule has 1 saturated heterocycles. The third kappa shape index (κ3) is 11.4. The van der Waals surface area contributed by atoms with Crippen LogP contribution in [-0.4, -0.2) is 64.1 Å². The highest BCUT2D eigenvalue weighted by atomic mass is 19.4. The van der Waals surface area contributed by atoms with Crippen molar-refractivity contribution in [3.05, 3.63) is 81.2 Å². The van der Waals surface area contributed by atoms with Crippen molar-refractivity contribution in [3.8, 4) is 0 Å². The molecule has 0 spiro atoms. The lowest BCUT2D eigenvalue weighted by molar-refractivity contribution is -0.137. The maximum absolute atomic E-state index is 13.9. The van der Waals surface area contributed by atoms with Gasteiger partial charge in [0.25, 0.3) is 11.8 Å². The summed E-state index contributed by atoms with van der Waals surface area (Å²) < 4.78 is 88.2. The van der Waals surface area contributed by atoms with Crippen molar-refractivity contribution >= 4 is 39.7 Å². The molecule has 8 rings (SSSR count). The van der Waals surface area contributed by atoms with Crippen LogP contribution in [0.3, 0.4) is 0 Å². The molecular weight excluding hydrogens is 825 g/mol. The Kier molecular flexibility index (Phi) is 13.4. The fraction of sp³-hybridized carbons (Fsp3) is 0.562. The average molecular weight is 882 g/mol. The summed E-state index contributed by atoms with van der Waals surface area (Å²) >= 11 is 0. The molecule has 4 aromatic rings. The van der Waals surface area contributed by atoms with Crippen molar-refractivity contribution < 1.29 is 45.5 Å². The van der Waals surface area contributed by atoms with Gasteiger partial charge in [-0.25, -0.2) is 14.8 Å². The number of nitrogens with zero attached hydrogens (tertiary/aromatic N) is 3. The Morgan fingerprint density at radius 1 is 0.635 bits per heavy atom. The van der Waals surface area contributed by atoms with E-state index in [9.17, 15) is 40.7 Å². The summed E-state index contributed by atoms with van der Waals surface area (Å²) in [6.45, 7) is 10.1. The Hall–Kier alpha value is -4.95. The SMILES string of the molecule is Cc1cc(C(=O)NCC2CCCCC2)nc2c(C(F)(F)F)cc(C3CC3)cc12.Cc1cc(C(=O)NCC2CCCCN2C(=O)OC(C)(C)C)nc2c(C(F)(F)F)cc(C3CC3)cc12. The van der Waals surface area contributed by atoms with E-state index in [0.29, 0.717) is 52.9 Å². The minimum atomic E-state index is -4.58. The lowest BCUT2D eigenvalue weighted by Gasteiger charge is -2.36. The molecule has 0 bridgehead atoms. The number of pyridine rings is 2. The van der Waals surface area contributed by atoms with E-state index in [0.717, 1.165) is 56.9 Å². The highest BCUT2D eigenvalue weighted by Crippen LogP contribution is 2.46. The number of aryl methyl sites for hydroxylation is 2. The summed E-state index contributed by atoms with van der Waals surface area (Å²) in [5.41, 5.74) is 0.0944. The summed E-state index contributed by atoms with van der Waals surface area (Å²) in [6, 6.07) is 8.86. The topological polar surface area (TPSA) is 114 Å². The van der Waals surface area contributed by atoms with E-state index in [4.69, 9.17) is 4.74 Å². The van der Waals surface area contributed by atoms with Gasteiger partial charge in [-0.15, -0.1) is 0 Å². The number of aromatic nitrogens is 2. The van der Waals surface area contributed by atoms with Gasteiger partial charge in [0.2, 0.25) is 0 Å². The van der Waals surface area contributed by atoms with Crippen molar-refractivity contribution in [3.63, 3.8) is 0 Å². The standard InChI is InChI=1S/C26H32F3N3O3.C22H25F3N2O/c1-15-11-21(31-22-19(15)12-17(16-8-9-16)13-20(22)26(27,28)29)23(33)30-14-18-7-5-6-10-32(18)24(34)35-25(2,3)4;1-13-9-19(21(28)26-12-14-5-3-2-4-6-14)27-20-17(13)10-16(15-7-8-15)11-18(20)22(23,24)25/h11-13,16,18H,5-10,14H2,1-4H3,(H,30,33);9-11,14-15H,2-8,12H2,1H3,(H,26,28). The Balaban J connectivity index is 0.000000193. The number of likely N-dealkylation sites (tertiary alicyclic amines) is 1. The van der Waals surface area contributed by atoms with Crippen molar-refractivity contribution in [2.45, 2.75) is 147 Å². The summed E-state index contributed by atoms with van der Waals surface area (Å²) in [7, 11) is 0. The largest absolute Gasteiger partial charge is 0.444 e. The monoisotopic (exact) mass is 881 g/mol. The van der Waals surface area contributed by atoms with Crippen LogP contribution in [0.2, 0.25) is 0 Å². The zero-order chi connectivity index (χ0) is 45.4. The molecule has 1 atom stereocenters. The van der Waals surface area contributed by atoms with Crippen molar-refractivity contribution in [1.82, 2.24) is 25.5 Å². The second kappa shape index (κ2) is 18.3. The maximum Gasteiger partial charge on any atom is 0.418 e. The van der Waals surface area contributed by atoms with E-state index < -0.39 is 47.0 Å². The molecule has 2 N–H and O–H groups in total. The van der Waals surface area contributed by atoms with Gasteiger partial charge in [-0.2, -0.15) is 26.3 Å². The van der Waals surface area contributed by atoms with Crippen molar-refractivity contribution in [2.24, 2.45) is 5.92 Å². The summed E-state index contributed by atoms with van der Waals surface area (Å²) in [6.07, 6.45) is 2.33. The molecule has 1 aliphatic heterocycles. The number of carbonyl (C=O) groups is 3. The van der Waals surface area contributed by atoms with E-state index in [1.165, 1.54) is 37.5 Å². The van der Waals surface area contributed by atoms with Gasteiger partial charge >= 0.3 is 18.4 Å². The van der Waals surface area contributed by atoms with Crippen LogP contribution in [0, 0.1) is 19.8 Å². The number of halogens is 6. The number of fused-ring (bicyclic) bond motifs is 2. The first-order chi connectivity index (χ1) is 29.7. The van der Waals surface area contributed by atoms with Crippen LogP contribution < -0.4 is 10.6 Å². The number of piperidine rings is 1. The fourth-order valence-electron chi connectivity index (χ4n) is 8.79. The van der Waals surface area contributed by atoms with Crippen LogP contribution >= 0.6 is 0 Å². The molecule has 4 fully saturated rings. The van der Waals surface area contributed by atoms with Gasteiger partial charge in [0.05, 0.1) is 28.2 Å². The number of ether oxygens (including phenoxy) is 1. The van der Waals surface area contributed by atoms with Crippen molar-refractivity contribution in [1.29, 1.82) is 0 Å². The van der Waals surface area contributed by atoms with Gasteiger partial charge in [0.15, 0.2) is 0 Å². The number of nitrogens with one attached hydrogen (secondary N) is 2. The van der Waals surface area contributed by atoms with Gasteiger partial charge in [-0.05, 0) is 169 Å². The second-order valence-electron chi connectivity index (χ2n) is 18.9. The molecule has 3 heterocycles. The van der Waals surface area contributed by atoms with Crippen LogP contribution in [-0.2, 0) is 17.1 Å². The van der Waals surface area contributed by atoms with Crippen LogP contribution in [0.5, 0.6) is 0 Å². The zero-order valence-electron chi connectivity index (χ0n) is 36.6. The molecule has 3 aliphatic carbocycles. The molecule has 9 nitrogen and oxygen atoms in total. The van der Waals surface area contributed by atoms with E-state index in [1.807, 2.05) is 6.07 Å². The molecule has 1 unspecified atom stereocenters. The summed E-state index contributed by atoms with van der Waals surface area (Å²) in [5, 5.41) is 6.55. The molecule has 3 saturated carbocycles. The van der Waals surface area contributed by atoms with E-state index in [2.05, 4.69) is 20.6 Å². The number of rotatable bonds is 8. The smallest absolute Gasteiger partial charge is 0.418 e. The molecule has 63 heavy (non-hydrogen) atoms. The first-order valence-corrected chi connectivity index (χ1v) is 22.3. The molecule has 3 amide bonds. The predicted molar refractivity (Wildman–Crippen MR) is 229 cm³/mol. The number of amides is 3. The Morgan fingerprint density at radius 3 is 1.54 bits per heavy atom. The maximum atomic E-state index is 13.9. The molecule has 2 aromatic heterocycles. The summed E-state index contributed by atoms with van der Waals surface area (Å²) in [4.78, 5) is 48.1. The van der Waals surface area contributed by atoms with Crippen LogP contribution in [0.1, 0.15) is 164 Å². The average Bonchev–Trinajstić information content (AvgIpc) is 4.16. The number of hydrogen-bond donors (Lipinski definition) is 2. The third-order valence-corrected chi connectivity index (χ3v) is 12.5. The third-order valence-electron chi connectivity index (χ3n) is 12.5. The van der Waals surface area contributed by atoms with Crippen LogP contribution in [0.15, 0.2) is 36.4 Å². The van der Waals surface area contributed by atoms with Crippen LogP contribution in [0.25, 0.3) is 21.8 Å². The number of alkyl halides is 6. The fourth-order valence-corrected chi connectivity index (χ4v) is 8.79. The second-order valence-corrected chi connectivity index (χ2v) is 18.9. The highest BCUT2D eigenvalue weighted by Gasteiger charge is 2.38. The number of carbonyl (C=O) groups excluding carboxylic acids is 3. The van der Waals surface area contributed by atoms with E-state index in [1.54, 1.807) is 51.7 Å². The van der Waals surface area contributed by atoms with Gasteiger partial charge in [-0.3, -0.25) is 9.59 Å². The molecule has 2 aromatic carbocycles. The molecule has 0 radical (unpaired) electrons. The first-order valence-electron chi connectivity index (χ1n) is 22.3. The summed E-state index contributed by atoms with van der Waals surface area (Å²) in [5.74, 6) is -0.139. The Bertz CT molecular complexity index is 2360. The lowest BCUT2D eigenvalue weighted by atomic mass is 9.89. The van der Waals surface area contributed by atoms with Gasteiger partial charge in [0.1, 0.15) is 17.0 Å². The van der Waals surface area contributed by atoms with E-state index in [-0.39, 0.29) is 46.8 Å². The number of benzene rings is 2. The molecular formula is C48H57F6N5O4. The lowest BCUT2D eigenvalue weighted by Crippen LogP contribution is -2.50. The molecule has 340 valence electrons. The zero-order valence-corrected chi connectivity index (χ0v) is 36.6. The Morgan fingerprint density at radius 2 is 1.10 bits per heavy atom. The quantitative estimate of drug-likeness (QED) is 0.170. The van der Waals surface area contributed by atoms with Crippen molar-refractivity contribution in [2.75, 3.05) is 19.6 Å². The Labute approximate surface area is 364 Å². The molecule has 15 heteroatoms.